The summed E-state index contributed by atoms with van der Waals surface area (Å²) >= 11 is 1.61. The van der Waals surface area contributed by atoms with Gasteiger partial charge in [0.05, 0.1) is 32.0 Å². The van der Waals surface area contributed by atoms with E-state index >= 15 is 0 Å². The minimum absolute atomic E-state index is 0.0668. The third-order valence-corrected chi connectivity index (χ3v) is 9.32. The van der Waals surface area contributed by atoms with Crippen molar-refractivity contribution in [1.82, 2.24) is 5.32 Å². The van der Waals surface area contributed by atoms with Crippen LogP contribution in [-0.4, -0.2) is 108 Å². The zero-order chi connectivity index (χ0) is 33.3. The SMILES string of the molecule is COC(=O)[C@@]1(OCCCSCCN)C[C@@H](O)[C@@H](NC(C)=O)C([C@H](O)[C@H](O)CCC(=O)OCC2c3ccccc3-c3ccccc32)O1. The largest absolute Gasteiger partial charge is 0.465 e. The molecular weight excluding hydrogens is 616 g/mol. The highest BCUT2D eigenvalue weighted by molar-refractivity contribution is 7.99. The summed E-state index contributed by atoms with van der Waals surface area (Å²) in [6.45, 7) is 1.93. The van der Waals surface area contributed by atoms with E-state index in [4.69, 9.17) is 24.7 Å². The lowest BCUT2D eigenvalue weighted by atomic mass is 9.87. The molecule has 0 aromatic heterocycles. The molecule has 1 fully saturated rings. The van der Waals surface area contributed by atoms with Crippen molar-refractivity contribution in [3.63, 3.8) is 0 Å². The number of fused-ring (bicyclic) bond motifs is 3. The van der Waals surface area contributed by atoms with Crippen LogP contribution in [0.25, 0.3) is 11.1 Å². The van der Waals surface area contributed by atoms with E-state index in [0.29, 0.717) is 18.7 Å². The summed E-state index contributed by atoms with van der Waals surface area (Å²) in [5, 5.41) is 35.7. The van der Waals surface area contributed by atoms with Crippen molar-refractivity contribution in [3.05, 3.63) is 59.7 Å². The highest BCUT2D eigenvalue weighted by atomic mass is 32.2. The number of carbonyl (C=O) groups is 3. The summed E-state index contributed by atoms with van der Waals surface area (Å²) in [5.41, 5.74) is 9.84. The van der Waals surface area contributed by atoms with Gasteiger partial charge in [-0.15, -0.1) is 0 Å². The number of ether oxygens (including phenoxy) is 4. The van der Waals surface area contributed by atoms with Crippen molar-refractivity contribution in [2.75, 3.05) is 38.4 Å². The number of amides is 1. The van der Waals surface area contributed by atoms with Crippen LogP contribution in [0.4, 0.5) is 0 Å². The average Bonchev–Trinajstić information content (AvgIpc) is 3.37. The number of nitrogens with two attached hydrogens (primary N) is 1. The molecule has 252 valence electrons. The van der Waals surface area contributed by atoms with Crippen LogP contribution in [0.1, 0.15) is 49.7 Å². The molecular formula is C33H44N2O10S. The van der Waals surface area contributed by atoms with Gasteiger partial charge in [-0.25, -0.2) is 4.79 Å². The molecule has 1 amide bonds. The van der Waals surface area contributed by atoms with Gasteiger partial charge in [0.1, 0.15) is 18.8 Å². The third-order valence-electron chi connectivity index (χ3n) is 8.22. The summed E-state index contributed by atoms with van der Waals surface area (Å²) in [4.78, 5) is 37.7. The Balaban J connectivity index is 1.39. The lowest BCUT2D eigenvalue weighted by Crippen LogP contribution is -2.67. The Morgan fingerprint density at radius 1 is 1.09 bits per heavy atom. The quantitative estimate of drug-likeness (QED) is 0.129. The Labute approximate surface area is 272 Å². The maximum absolute atomic E-state index is 12.9. The number of thioether (sulfide) groups is 1. The summed E-state index contributed by atoms with van der Waals surface area (Å²) in [6.07, 6.45) is -6.48. The first-order valence-corrected chi connectivity index (χ1v) is 16.6. The minimum atomic E-state index is -2.10. The average molecular weight is 661 g/mol. The number of methoxy groups -OCH3 is 1. The predicted molar refractivity (Wildman–Crippen MR) is 171 cm³/mol. The molecule has 0 spiro atoms. The van der Waals surface area contributed by atoms with E-state index in [9.17, 15) is 29.7 Å². The molecule has 1 saturated heterocycles. The molecule has 6 N–H and O–H groups in total. The highest BCUT2D eigenvalue weighted by Gasteiger charge is 2.56. The fourth-order valence-electron chi connectivity index (χ4n) is 6.02. The van der Waals surface area contributed by atoms with Crippen molar-refractivity contribution in [1.29, 1.82) is 0 Å². The van der Waals surface area contributed by atoms with Crippen LogP contribution in [0, 0.1) is 0 Å². The maximum atomic E-state index is 12.9. The van der Waals surface area contributed by atoms with Crippen molar-refractivity contribution in [3.8, 4) is 11.1 Å². The normalized spacial score (nSPS) is 23.6. The molecule has 6 atom stereocenters. The number of hydrogen-bond acceptors (Lipinski definition) is 12. The number of esters is 2. The van der Waals surface area contributed by atoms with E-state index in [0.717, 1.165) is 35.1 Å². The molecule has 2 aromatic carbocycles. The number of carbonyl (C=O) groups excluding carboxylic acids is 3. The predicted octanol–water partition coefficient (Wildman–Crippen LogP) is 1.47. The standard InChI is InChI=1S/C33H44N2O10S/c1-20(36)35-29-27(38)18-33(32(41)42-2,44-15-7-16-46-17-14-34)45-31(29)30(40)26(37)12-13-28(39)43-19-25-23-10-5-3-8-21(23)22-9-4-6-11-24(22)25/h3-6,8-11,25-27,29-31,37-38,40H,7,12-19,34H2,1-2H3,(H,35,36)/t26-,27-,29-,30-,31?,33-/m1/s1. The van der Waals surface area contributed by atoms with Gasteiger partial charge in [-0.2, -0.15) is 11.8 Å². The molecule has 2 aromatic rings. The lowest BCUT2D eigenvalue weighted by Gasteiger charge is -2.47. The number of aliphatic hydroxyl groups excluding tert-OH is 3. The molecule has 1 heterocycles. The van der Waals surface area contributed by atoms with E-state index in [2.05, 4.69) is 5.32 Å². The molecule has 4 rings (SSSR count). The Morgan fingerprint density at radius 3 is 2.35 bits per heavy atom. The highest BCUT2D eigenvalue weighted by Crippen LogP contribution is 2.44. The van der Waals surface area contributed by atoms with Crippen LogP contribution in [-0.2, 0) is 33.3 Å². The molecule has 0 bridgehead atoms. The second-order valence-corrected chi connectivity index (χ2v) is 12.7. The number of hydrogen-bond donors (Lipinski definition) is 5. The van der Waals surface area contributed by atoms with Gasteiger partial charge in [0, 0.05) is 38.0 Å². The lowest BCUT2D eigenvalue weighted by molar-refractivity contribution is -0.311. The molecule has 1 unspecified atom stereocenters. The van der Waals surface area contributed by atoms with Crippen LogP contribution in [0.3, 0.4) is 0 Å². The van der Waals surface area contributed by atoms with Crippen LogP contribution in [0.2, 0.25) is 0 Å². The molecule has 1 aliphatic heterocycles. The smallest absolute Gasteiger partial charge is 0.366 e. The molecule has 0 radical (unpaired) electrons. The molecule has 12 nitrogen and oxygen atoms in total. The molecule has 1 aliphatic carbocycles. The van der Waals surface area contributed by atoms with Crippen molar-refractivity contribution < 1.29 is 48.7 Å². The zero-order valence-corrected chi connectivity index (χ0v) is 26.9. The molecule has 46 heavy (non-hydrogen) atoms. The minimum Gasteiger partial charge on any atom is -0.465 e. The number of benzene rings is 2. The van der Waals surface area contributed by atoms with Gasteiger partial charge < -0.3 is 45.3 Å². The number of rotatable bonds is 16. The summed E-state index contributed by atoms with van der Waals surface area (Å²) in [5.74, 6) is -2.80. The Hall–Kier alpha value is -3.04. The zero-order valence-electron chi connectivity index (χ0n) is 26.1. The summed E-state index contributed by atoms with van der Waals surface area (Å²) in [6, 6.07) is 14.7. The molecule has 2 aliphatic rings. The number of nitrogens with one attached hydrogen (secondary N) is 1. The molecule has 0 saturated carbocycles. The maximum Gasteiger partial charge on any atom is 0.366 e. The van der Waals surface area contributed by atoms with Crippen molar-refractivity contribution in [2.45, 2.75) is 74.8 Å². The van der Waals surface area contributed by atoms with E-state index < -0.39 is 54.1 Å². The van der Waals surface area contributed by atoms with Gasteiger partial charge in [-0.3, -0.25) is 9.59 Å². The monoisotopic (exact) mass is 660 g/mol. The summed E-state index contributed by atoms with van der Waals surface area (Å²) in [7, 11) is 1.13. The van der Waals surface area contributed by atoms with E-state index in [1.54, 1.807) is 11.8 Å². The third kappa shape index (κ3) is 8.45. The van der Waals surface area contributed by atoms with Crippen LogP contribution < -0.4 is 11.1 Å². The Kier molecular flexibility index (Phi) is 13.0. The van der Waals surface area contributed by atoms with E-state index in [-0.39, 0.29) is 38.4 Å². The number of aliphatic hydroxyl groups is 3. The van der Waals surface area contributed by atoms with Gasteiger partial charge in [-0.1, -0.05) is 48.5 Å². The van der Waals surface area contributed by atoms with E-state index in [1.165, 1.54) is 6.92 Å². The first kappa shape index (κ1) is 35.8. The van der Waals surface area contributed by atoms with E-state index in [1.807, 2.05) is 48.5 Å². The Bertz CT molecular complexity index is 1300. The van der Waals surface area contributed by atoms with Gasteiger partial charge >= 0.3 is 11.9 Å². The fraction of sp³-hybridized carbons (Fsp3) is 0.545. The first-order chi connectivity index (χ1) is 22.1. The van der Waals surface area contributed by atoms with Gasteiger partial charge in [-0.05, 0) is 40.8 Å². The van der Waals surface area contributed by atoms with Crippen molar-refractivity contribution >= 4 is 29.6 Å². The van der Waals surface area contributed by atoms with Gasteiger partial charge in [0.15, 0.2) is 0 Å². The van der Waals surface area contributed by atoms with Crippen molar-refractivity contribution in [2.24, 2.45) is 5.73 Å². The van der Waals surface area contributed by atoms with Gasteiger partial charge in [0.25, 0.3) is 5.79 Å². The van der Waals surface area contributed by atoms with Gasteiger partial charge in [0.2, 0.25) is 5.91 Å². The Morgan fingerprint density at radius 2 is 1.74 bits per heavy atom. The van der Waals surface area contributed by atoms with Crippen LogP contribution in [0.5, 0.6) is 0 Å². The molecule has 13 heteroatoms. The first-order valence-electron chi connectivity index (χ1n) is 15.4. The van der Waals surface area contributed by atoms with Crippen LogP contribution >= 0.6 is 11.8 Å². The second-order valence-electron chi connectivity index (χ2n) is 11.4. The summed E-state index contributed by atoms with van der Waals surface area (Å²) < 4.78 is 22.4. The topological polar surface area (TPSA) is 187 Å². The fourth-order valence-corrected chi connectivity index (χ4v) is 6.72. The second kappa shape index (κ2) is 16.7. The van der Waals surface area contributed by atoms with Crippen LogP contribution in [0.15, 0.2) is 48.5 Å².